The average molecular weight is 443 g/mol. The quantitative estimate of drug-likeness (QED) is 0.483. The van der Waals surface area contributed by atoms with Crippen LogP contribution in [-0.2, 0) is 0 Å². The number of carbonyl (C=O) groups excluding carboxylic acids is 1. The molecule has 4 aromatic rings. The summed E-state index contributed by atoms with van der Waals surface area (Å²) in [7, 11) is 1.56. The topological polar surface area (TPSA) is 89.2 Å². The molecule has 0 spiro atoms. The molecule has 5 rings (SSSR count). The molecule has 0 bridgehead atoms. The van der Waals surface area contributed by atoms with E-state index in [1.165, 1.54) is 11.0 Å². The van der Waals surface area contributed by atoms with Gasteiger partial charge in [0, 0.05) is 5.69 Å². The number of hydrogen-bond donors (Lipinski definition) is 1. The molecule has 0 saturated carbocycles. The summed E-state index contributed by atoms with van der Waals surface area (Å²) < 4.78 is 16.7. The van der Waals surface area contributed by atoms with Crippen LogP contribution in [0.5, 0.6) is 17.2 Å². The zero-order valence-electron chi connectivity index (χ0n) is 18.1. The largest absolute Gasteiger partial charge is 0.504 e. The van der Waals surface area contributed by atoms with Crippen LogP contribution >= 0.6 is 0 Å². The Morgan fingerprint density at radius 3 is 2.52 bits per heavy atom. The van der Waals surface area contributed by atoms with Crippen LogP contribution in [0.3, 0.4) is 0 Å². The summed E-state index contributed by atoms with van der Waals surface area (Å²) in [5.74, 6) is 0.477. The highest BCUT2D eigenvalue weighted by Gasteiger charge is 2.43. The van der Waals surface area contributed by atoms with Crippen LogP contribution in [0.4, 0.5) is 5.69 Å². The van der Waals surface area contributed by atoms with Crippen molar-refractivity contribution in [3.63, 3.8) is 0 Å². The van der Waals surface area contributed by atoms with Gasteiger partial charge in [-0.25, -0.2) is 0 Å². The summed E-state index contributed by atoms with van der Waals surface area (Å²) in [6.45, 7) is 2.16. The minimum absolute atomic E-state index is 0.00514. The fourth-order valence-electron chi connectivity index (χ4n) is 4.22. The lowest BCUT2D eigenvalue weighted by Gasteiger charge is -2.26. The minimum atomic E-state index is -0.762. The highest BCUT2D eigenvalue weighted by atomic mass is 16.5. The second-order valence-corrected chi connectivity index (χ2v) is 7.61. The van der Waals surface area contributed by atoms with Gasteiger partial charge in [0.05, 0.1) is 30.7 Å². The first kappa shape index (κ1) is 20.6. The van der Waals surface area contributed by atoms with Gasteiger partial charge >= 0.3 is 0 Å². The van der Waals surface area contributed by atoms with E-state index in [-0.39, 0.29) is 28.3 Å². The lowest BCUT2D eigenvalue weighted by molar-refractivity contribution is 0.0971. The molecule has 0 saturated heterocycles. The van der Waals surface area contributed by atoms with Crippen LogP contribution < -0.4 is 19.8 Å². The van der Waals surface area contributed by atoms with Crippen molar-refractivity contribution < 1.29 is 23.8 Å². The van der Waals surface area contributed by atoms with E-state index in [2.05, 4.69) is 0 Å². The third kappa shape index (κ3) is 3.29. The zero-order valence-corrected chi connectivity index (χ0v) is 18.1. The summed E-state index contributed by atoms with van der Waals surface area (Å²) in [6, 6.07) is 17.9. The van der Waals surface area contributed by atoms with E-state index < -0.39 is 11.9 Å². The molecule has 3 aromatic carbocycles. The number of amides is 1. The Morgan fingerprint density at radius 2 is 1.79 bits per heavy atom. The maximum Gasteiger partial charge on any atom is 0.295 e. The van der Waals surface area contributed by atoms with Gasteiger partial charge in [-0.3, -0.25) is 14.5 Å². The summed E-state index contributed by atoms with van der Waals surface area (Å²) in [5.41, 5.74) is 1.52. The number of rotatable bonds is 5. The van der Waals surface area contributed by atoms with E-state index in [1.807, 2.05) is 6.92 Å². The summed E-state index contributed by atoms with van der Waals surface area (Å²) in [5, 5.41) is 10.6. The molecule has 166 valence electrons. The molecule has 0 radical (unpaired) electrons. The Kier molecular flexibility index (Phi) is 5.01. The number of aromatic hydroxyl groups is 1. The van der Waals surface area contributed by atoms with Gasteiger partial charge < -0.3 is 19.0 Å². The monoisotopic (exact) mass is 443 g/mol. The van der Waals surface area contributed by atoms with Crippen molar-refractivity contribution >= 4 is 22.6 Å². The van der Waals surface area contributed by atoms with Crippen LogP contribution in [0.15, 0.2) is 75.9 Å². The molecule has 1 aromatic heterocycles. The van der Waals surface area contributed by atoms with Crippen molar-refractivity contribution in [3.05, 3.63) is 93.8 Å². The number of ether oxygens (including phenoxy) is 2. The van der Waals surface area contributed by atoms with Crippen molar-refractivity contribution in [1.29, 1.82) is 0 Å². The Bertz CT molecular complexity index is 1420. The molecule has 33 heavy (non-hydrogen) atoms. The molecule has 1 atom stereocenters. The maximum absolute atomic E-state index is 13.6. The predicted molar refractivity (Wildman–Crippen MR) is 123 cm³/mol. The second-order valence-electron chi connectivity index (χ2n) is 7.61. The number of hydrogen-bond acceptors (Lipinski definition) is 6. The lowest BCUT2D eigenvalue weighted by Crippen LogP contribution is -2.29. The van der Waals surface area contributed by atoms with Crippen LogP contribution in [-0.4, -0.2) is 24.7 Å². The van der Waals surface area contributed by atoms with Crippen molar-refractivity contribution in [2.45, 2.75) is 13.0 Å². The van der Waals surface area contributed by atoms with Crippen LogP contribution in [0.2, 0.25) is 0 Å². The second kappa shape index (κ2) is 8.02. The highest BCUT2D eigenvalue weighted by molar-refractivity contribution is 6.10. The summed E-state index contributed by atoms with van der Waals surface area (Å²) in [6.07, 6.45) is 0. The zero-order chi connectivity index (χ0) is 23.1. The Hall–Kier alpha value is -4.26. The number of anilines is 1. The average Bonchev–Trinajstić information content (AvgIpc) is 3.13. The number of benzene rings is 3. The van der Waals surface area contributed by atoms with E-state index in [1.54, 1.807) is 67.8 Å². The highest BCUT2D eigenvalue weighted by Crippen LogP contribution is 2.43. The van der Waals surface area contributed by atoms with E-state index in [4.69, 9.17) is 13.9 Å². The molecule has 0 fully saturated rings. The Balaban J connectivity index is 1.77. The first-order chi connectivity index (χ1) is 16.0. The molecule has 1 N–H and O–H groups in total. The summed E-state index contributed by atoms with van der Waals surface area (Å²) in [4.78, 5) is 28.7. The van der Waals surface area contributed by atoms with Gasteiger partial charge in [0.25, 0.3) is 5.91 Å². The SMILES string of the molecule is CCOc1cc(C2c3c(oc4ccccc4c3=O)C(=O)N2c2ccc(OC)cc2)ccc1O. The van der Waals surface area contributed by atoms with Crippen LogP contribution in [0.25, 0.3) is 11.0 Å². The van der Waals surface area contributed by atoms with Gasteiger partial charge in [-0.1, -0.05) is 18.2 Å². The molecule has 0 aliphatic carbocycles. The molecular formula is C26H21NO6. The Labute approximate surface area is 189 Å². The number of nitrogens with zero attached hydrogens (tertiary/aromatic N) is 1. The molecule has 7 heteroatoms. The van der Waals surface area contributed by atoms with E-state index in [0.717, 1.165) is 0 Å². The third-order valence-electron chi connectivity index (χ3n) is 5.73. The number of methoxy groups -OCH3 is 1. The van der Waals surface area contributed by atoms with Crippen molar-refractivity contribution in [2.75, 3.05) is 18.6 Å². The van der Waals surface area contributed by atoms with Gasteiger partial charge in [-0.05, 0) is 61.0 Å². The first-order valence-corrected chi connectivity index (χ1v) is 10.5. The van der Waals surface area contributed by atoms with Crippen LogP contribution in [0.1, 0.15) is 34.6 Å². The normalized spacial score (nSPS) is 15.0. The molecule has 1 aliphatic heterocycles. The van der Waals surface area contributed by atoms with Gasteiger partial charge in [-0.2, -0.15) is 0 Å². The number of phenols is 1. The minimum Gasteiger partial charge on any atom is -0.504 e. The van der Waals surface area contributed by atoms with Crippen LogP contribution in [0, 0.1) is 0 Å². The molecule has 2 heterocycles. The maximum atomic E-state index is 13.6. The molecular weight excluding hydrogens is 422 g/mol. The number of para-hydroxylation sites is 1. The third-order valence-corrected chi connectivity index (χ3v) is 5.73. The van der Waals surface area contributed by atoms with Gasteiger partial charge in [-0.15, -0.1) is 0 Å². The van der Waals surface area contributed by atoms with Crippen molar-refractivity contribution in [2.24, 2.45) is 0 Å². The van der Waals surface area contributed by atoms with Gasteiger partial charge in [0.2, 0.25) is 5.76 Å². The van der Waals surface area contributed by atoms with Gasteiger partial charge in [0.15, 0.2) is 16.9 Å². The lowest BCUT2D eigenvalue weighted by atomic mass is 9.97. The molecule has 1 aliphatic rings. The first-order valence-electron chi connectivity index (χ1n) is 10.5. The number of fused-ring (bicyclic) bond motifs is 2. The fourth-order valence-corrected chi connectivity index (χ4v) is 4.22. The van der Waals surface area contributed by atoms with Crippen molar-refractivity contribution in [3.8, 4) is 17.2 Å². The van der Waals surface area contributed by atoms with Crippen molar-refractivity contribution in [1.82, 2.24) is 0 Å². The number of carbonyl (C=O) groups is 1. The fraction of sp³-hybridized carbons (Fsp3) is 0.154. The predicted octanol–water partition coefficient (Wildman–Crippen LogP) is 4.66. The molecule has 1 amide bonds. The Morgan fingerprint density at radius 1 is 1.03 bits per heavy atom. The smallest absolute Gasteiger partial charge is 0.295 e. The van der Waals surface area contributed by atoms with E-state index >= 15 is 0 Å². The molecule has 1 unspecified atom stereocenters. The number of phenolic OH excluding ortho intramolecular Hbond substituents is 1. The summed E-state index contributed by atoms with van der Waals surface area (Å²) >= 11 is 0. The molecule has 7 nitrogen and oxygen atoms in total. The van der Waals surface area contributed by atoms with Gasteiger partial charge in [0.1, 0.15) is 11.3 Å². The van der Waals surface area contributed by atoms with E-state index in [0.29, 0.717) is 34.6 Å². The van der Waals surface area contributed by atoms with E-state index in [9.17, 15) is 14.7 Å². The standard InChI is InChI=1S/C26H21NO6/c1-3-32-21-14-15(8-13-19(21)28)23-22-24(29)18-6-4-5-7-20(18)33-25(22)26(30)27(23)16-9-11-17(31-2)12-10-16/h4-14,23,28H,3H2,1-2H3.